The molecule has 0 radical (unpaired) electrons. The molecular formula is C22H19ClN4O4. The molecule has 0 spiro atoms. The number of methoxy groups -OCH3 is 1. The largest absolute Gasteiger partial charge is 0.497 e. The van der Waals surface area contributed by atoms with Crippen molar-refractivity contribution in [2.24, 2.45) is 0 Å². The zero-order valence-corrected chi connectivity index (χ0v) is 17.8. The molecule has 1 N–H and O–H groups in total. The van der Waals surface area contributed by atoms with Gasteiger partial charge in [-0.1, -0.05) is 21.9 Å². The van der Waals surface area contributed by atoms with Crippen molar-refractivity contribution in [3.63, 3.8) is 0 Å². The highest BCUT2D eigenvalue weighted by Crippen LogP contribution is 2.35. The molecule has 4 aromatic rings. The van der Waals surface area contributed by atoms with Gasteiger partial charge >= 0.3 is 5.97 Å². The average Bonchev–Trinajstić information content (AvgIpc) is 3.37. The molecule has 158 valence electrons. The van der Waals surface area contributed by atoms with E-state index in [9.17, 15) is 9.59 Å². The van der Waals surface area contributed by atoms with Crippen LogP contribution in [-0.2, 0) is 4.79 Å². The Hall–Kier alpha value is -3.65. The lowest BCUT2D eigenvalue weighted by Crippen LogP contribution is -2.18. The number of ether oxygens (including phenoxy) is 2. The van der Waals surface area contributed by atoms with Crippen LogP contribution in [0.4, 0.5) is 0 Å². The fourth-order valence-electron chi connectivity index (χ4n) is 3.63. The van der Waals surface area contributed by atoms with Crippen molar-refractivity contribution in [2.75, 3.05) is 7.11 Å². The Balaban J connectivity index is 1.84. The minimum Gasteiger partial charge on any atom is -0.497 e. The Labute approximate surface area is 182 Å². The van der Waals surface area contributed by atoms with E-state index in [0.29, 0.717) is 33.1 Å². The van der Waals surface area contributed by atoms with Crippen LogP contribution < -0.4 is 9.47 Å². The second kappa shape index (κ2) is 8.23. The zero-order valence-electron chi connectivity index (χ0n) is 17.0. The molecule has 2 aromatic heterocycles. The number of carbonyl (C=O) groups is 2. The highest BCUT2D eigenvalue weighted by atomic mass is 35.5. The van der Waals surface area contributed by atoms with Crippen LogP contribution in [0.1, 0.15) is 34.5 Å². The Bertz CT molecular complexity index is 1260. The summed E-state index contributed by atoms with van der Waals surface area (Å²) >= 11 is 5.97. The van der Waals surface area contributed by atoms with E-state index in [2.05, 4.69) is 15.4 Å². The van der Waals surface area contributed by atoms with Gasteiger partial charge in [-0.15, -0.1) is 0 Å². The molecule has 0 bridgehead atoms. The molecule has 1 unspecified atom stereocenters. The van der Waals surface area contributed by atoms with Crippen LogP contribution in [0.3, 0.4) is 0 Å². The molecule has 0 aliphatic carbocycles. The summed E-state index contributed by atoms with van der Waals surface area (Å²) < 4.78 is 12.3. The molecule has 0 aliphatic heterocycles. The number of hydrogen-bond acceptors (Lipinski definition) is 6. The third-order valence-electron chi connectivity index (χ3n) is 5.14. The van der Waals surface area contributed by atoms with E-state index < -0.39 is 11.9 Å². The molecule has 1 atom stereocenters. The Morgan fingerprint density at radius 2 is 1.90 bits per heavy atom. The molecule has 31 heavy (non-hydrogen) atoms. The van der Waals surface area contributed by atoms with Crippen LogP contribution >= 0.6 is 11.6 Å². The highest BCUT2D eigenvalue weighted by Gasteiger charge is 2.28. The second-order valence-corrected chi connectivity index (χ2v) is 7.42. The normalized spacial score (nSPS) is 12.0. The minimum atomic E-state index is -0.675. The SMILES string of the molecule is COc1ccc2c(c1)c(C(C)C(=O)Oc1c[nH]nn1)c(C)n2C(=O)c1ccc(Cl)cc1. The third-order valence-corrected chi connectivity index (χ3v) is 5.39. The first-order chi connectivity index (χ1) is 14.9. The Kier molecular flexibility index (Phi) is 5.48. The van der Waals surface area contributed by atoms with Gasteiger partial charge in [-0.3, -0.25) is 19.3 Å². The maximum Gasteiger partial charge on any atom is 0.320 e. The van der Waals surface area contributed by atoms with Crippen LogP contribution in [-0.4, -0.2) is 39.0 Å². The second-order valence-electron chi connectivity index (χ2n) is 6.98. The standard InChI is InChI=1S/C22H19ClN4O4/c1-12(22(29)31-19-11-24-26-25-19)20-13(2)27(18-9-8-16(30-3)10-17(18)20)21(28)14-4-6-15(23)7-5-14/h4-12H,1-3H3,(H,24,25,26). The Morgan fingerprint density at radius 3 is 2.55 bits per heavy atom. The number of aromatic nitrogens is 4. The van der Waals surface area contributed by atoms with Gasteiger partial charge < -0.3 is 9.47 Å². The number of halogens is 1. The quantitative estimate of drug-likeness (QED) is 0.470. The molecule has 0 saturated carbocycles. The number of carbonyl (C=O) groups excluding carboxylic acids is 2. The zero-order chi connectivity index (χ0) is 22.1. The van der Waals surface area contributed by atoms with Gasteiger partial charge in [0.2, 0.25) is 0 Å². The summed E-state index contributed by atoms with van der Waals surface area (Å²) in [6.45, 7) is 3.52. The number of H-pyrrole nitrogens is 1. The summed E-state index contributed by atoms with van der Waals surface area (Å²) in [6.07, 6.45) is 1.38. The highest BCUT2D eigenvalue weighted by molar-refractivity contribution is 6.30. The van der Waals surface area contributed by atoms with Crippen molar-refractivity contribution in [3.05, 3.63) is 70.5 Å². The van der Waals surface area contributed by atoms with Crippen molar-refractivity contribution < 1.29 is 19.1 Å². The lowest BCUT2D eigenvalue weighted by atomic mass is 9.98. The van der Waals surface area contributed by atoms with Crippen molar-refractivity contribution in [3.8, 4) is 11.6 Å². The van der Waals surface area contributed by atoms with Gasteiger partial charge in [0.25, 0.3) is 11.8 Å². The lowest BCUT2D eigenvalue weighted by Gasteiger charge is -2.12. The summed E-state index contributed by atoms with van der Waals surface area (Å²) in [5.74, 6) is -0.731. The van der Waals surface area contributed by atoms with E-state index in [-0.39, 0.29) is 11.8 Å². The van der Waals surface area contributed by atoms with Crippen LogP contribution in [0.2, 0.25) is 5.02 Å². The van der Waals surface area contributed by atoms with Crippen molar-refractivity contribution >= 4 is 34.4 Å². The van der Waals surface area contributed by atoms with Gasteiger partial charge in [0, 0.05) is 21.7 Å². The molecule has 4 rings (SSSR count). The van der Waals surface area contributed by atoms with E-state index in [1.165, 1.54) is 6.20 Å². The topological polar surface area (TPSA) is 99.1 Å². The molecule has 2 heterocycles. The average molecular weight is 439 g/mol. The fourth-order valence-corrected chi connectivity index (χ4v) is 3.75. The van der Waals surface area contributed by atoms with Crippen molar-refractivity contribution in [2.45, 2.75) is 19.8 Å². The number of hydrogen-bond donors (Lipinski definition) is 1. The number of fused-ring (bicyclic) bond motifs is 1. The summed E-state index contributed by atoms with van der Waals surface area (Å²) in [6, 6.07) is 12.0. The lowest BCUT2D eigenvalue weighted by molar-refractivity contribution is -0.135. The molecule has 9 heteroatoms. The number of nitrogens with one attached hydrogen (secondary N) is 1. The number of rotatable bonds is 5. The predicted octanol–water partition coefficient (Wildman–Crippen LogP) is 4.13. The van der Waals surface area contributed by atoms with E-state index in [0.717, 1.165) is 5.39 Å². The van der Waals surface area contributed by atoms with Gasteiger partial charge in [0.05, 0.1) is 24.7 Å². The van der Waals surface area contributed by atoms with Crippen molar-refractivity contribution in [1.29, 1.82) is 0 Å². The summed E-state index contributed by atoms with van der Waals surface area (Å²) in [5.41, 5.74) is 2.44. The molecule has 0 aliphatic rings. The molecule has 0 saturated heterocycles. The van der Waals surface area contributed by atoms with Crippen LogP contribution in [0.25, 0.3) is 10.9 Å². The van der Waals surface area contributed by atoms with E-state index in [4.69, 9.17) is 21.1 Å². The summed E-state index contributed by atoms with van der Waals surface area (Å²) in [5, 5.41) is 11.0. The first-order valence-electron chi connectivity index (χ1n) is 9.48. The van der Waals surface area contributed by atoms with E-state index in [1.54, 1.807) is 61.9 Å². The maximum absolute atomic E-state index is 13.4. The van der Waals surface area contributed by atoms with Crippen LogP contribution in [0, 0.1) is 6.92 Å². The number of esters is 1. The molecule has 8 nitrogen and oxygen atoms in total. The number of aromatic amines is 1. The van der Waals surface area contributed by atoms with Crippen molar-refractivity contribution in [1.82, 2.24) is 20.0 Å². The summed E-state index contributed by atoms with van der Waals surface area (Å²) in [4.78, 5) is 26.2. The predicted molar refractivity (Wildman–Crippen MR) is 115 cm³/mol. The molecule has 2 aromatic carbocycles. The monoisotopic (exact) mass is 438 g/mol. The number of benzene rings is 2. The minimum absolute atomic E-state index is 0.0769. The van der Waals surface area contributed by atoms with Gasteiger partial charge in [0.1, 0.15) is 5.75 Å². The van der Waals surface area contributed by atoms with Gasteiger partial charge in [0.15, 0.2) is 0 Å². The fraction of sp³-hybridized carbons (Fsp3) is 0.182. The van der Waals surface area contributed by atoms with Crippen LogP contribution in [0.5, 0.6) is 11.6 Å². The van der Waals surface area contributed by atoms with Crippen LogP contribution in [0.15, 0.2) is 48.7 Å². The first-order valence-corrected chi connectivity index (χ1v) is 9.86. The smallest absolute Gasteiger partial charge is 0.320 e. The van der Waals surface area contributed by atoms with E-state index in [1.807, 2.05) is 6.07 Å². The van der Waals surface area contributed by atoms with Gasteiger partial charge in [-0.2, -0.15) is 0 Å². The van der Waals surface area contributed by atoms with Gasteiger partial charge in [-0.05, 0) is 61.9 Å². The summed E-state index contributed by atoms with van der Waals surface area (Å²) in [7, 11) is 1.56. The molecule has 0 amide bonds. The first kappa shape index (κ1) is 20.6. The molecule has 0 fully saturated rings. The Morgan fingerprint density at radius 1 is 1.16 bits per heavy atom. The third kappa shape index (κ3) is 3.77. The van der Waals surface area contributed by atoms with Gasteiger partial charge in [-0.25, -0.2) is 0 Å². The number of nitrogens with zero attached hydrogens (tertiary/aromatic N) is 3. The van der Waals surface area contributed by atoms with E-state index >= 15 is 0 Å². The molecular weight excluding hydrogens is 420 g/mol. The maximum atomic E-state index is 13.4.